The lowest BCUT2D eigenvalue weighted by Gasteiger charge is -2.32. The molecule has 0 aromatic carbocycles. The van der Waals surface area contributed by atoms with Crippen LogP contribution >= 0.6 is 0 Å². The summed E-state index contributed by atoms with van der Waals surface area (Å²) in [7, 11) is 0. The smallest absolute Gasteiger partial charge is 0.226 e. The highest BCUT2D eigenvalue weighted by atomic mass is 16.5. The van der Waals surface area contributed by atoms with E-state index in [1.54, 1.807) is 0 Å². The molecule has 0 saturated carbocycles. The van der Waals surface area contributed by atoms with Gasteiger partial charge in [0.15, 0.2) is 5.82 Å². The van der Waals surface area contributed by atoms with Crippen molar-refractivity contribution in [1.29, 1.82) is 0 Å². The molecule has 3 rings (SSSR count). The number of anilines is 1. The minimum Gasteiger partial charge on any atom is -0.375 e. The fraction of sp³-hybridized carbons (Fsp3) is 0.600. The fourth-order valence-electron chi connectivity index (χ4n) is 3.14. The zero-order valence-corrected chi connectivity index (χ0v) is 16.7. The van der Waals surface area contributed by atoms with Crippen LogP contribution in [0.2, 0.25) is 0 Å². The quantitative estimate of drug-likeness (QED) is 0.705. The molecule has 1 aliphatic rings. The van der Waals surface area contributed by atoms with Gasteiger partial charge in [-0.25, -0.2) is 4.98 Å². The highest BCUT2D eigenvalue weighted by Crippen LogP contribution is 2.15. The standard InChI is InChI=1S/C20H29N5O3/c1-3-5-17-23-20(28-24-17)7-4-6-19(26)22-13-16-8-9-18(21-12-16)25-10-11-27-15(2)14-25/h8-9,12,15H,3-7,10-11,13-14H2,1-2H3,(H,22,26). The van der Waals surface area contributed by atoms with Crippen LogP contribution in [0.5, 0.6) is 0 Å². The van der Waals surface area contributed by atoms with Crippen molar-refractivity contribution in [3.63, 3.8) is 0 Å². The van der Waals surface area contributed by atoms with Crippen LogP contribution in [0, 0.1) is 0 Å². The molecule has 1 N–H and O–H groups in total. The Morgan fingerprint density at radius 3 is 3.00 bits per heavy atom. The zero-order valence-electron chi connectivity index (χ0n) is 16.7. The number of morpholine rings is 1. The molecule has 0 spiro atoms. The van der Waals surface area contributed by atoms with E-state index in [0.29, 0.717) is 31.7 Å². The highest BCUT2D eigenvalue weighted by Gasteiger charge is 2.17. The van der Waals surface area contributed by atoms with Crippen molar-refractivity contribution in [2.45, 2.75) is 58.6 Å². The summed E-state index contributed by atoms with van der Waals surface area (Å²) in [6.07, 6.45) is 5.60. The molecule has 2 aromatic heterocycles. The lowest BCUT2D eigenvalue weighted by Crippen LogP contribution is -2.41. The third kappa shape index (κ3) is 6.02. The Balaban J connectivity index is 1.37. The lowest BCUT2D eigenvalue weighted by atomic mass is 10.2. The van der Waals surface area contributed by atoms with Gasteiger partial charge < -0.3 is 19.5 Å². The van der Waals surface area contributed by atoms with Gasteiger partial charge in [0.05, 0.1) is 12.7 Å². The number of rotatable bonds is 9. The zero-order chi connectivity index (χ0) is 19.8. The maximum absolute atomic E-state index is 12.0. The van der Waals surface area contributed by atoms with Crippen LogP contribution in [-0.2, 0) is 28.9 Å². The number of pyridine rings is 1. The van der Waals surface area contributed by atoms with E-state index in [2.05, 4.69) is 39.2 Å². The Bertz CT molecular complexity index is 747. The summed E-state index contributed by atoms with van der Waals surface area (Å²) in [5, 5.41) is 6.86. The van der Waals surface area contributed by atoms with Crippen LogP contribution in [0.4, 0.5) is 5.82 Å². The highest BCUT2D eigenvalue weighted by molar-refractivity contribution is 5.75. The van der Waals surface area contributed by atoms with Crippen LogP contribution in [0.3, 0.4) is 0 Å². The lowest BCUT2D eigenvalue weighted by molar-refractivity contribution is -0.121. The van der Waals surface area contributed by atoms with Crippen molar-refractivity contribution in [3.05, 3.63) is 35.6 Å². The number of nitrogens with zero attached hydrogens (tertiary/aromatic N) is 4. The molecule has 8 nitrogen and oxygen atoms in total. The van der Waals surface area contributed by atoms with E-state index in [-0.39, 0.29) is 12.0 Å². The van der Waals surface area contributed by atoms with Crippen LogP contribution in [0.15, 0.2) is 22.9 Å². The van der Waals surface area contributed by atoms with E-state index >= 15 is 0 Å². The van der Waals surface area contributed by atoms with Gasteiger partial charge in [0.25, 0.3) is 0 Å². The average Bonchev–Trinajstić information content (AvgIpc) is 3.14. The largest absolute Gasteiger partial charge is 0.375 e. The number of hydrogen-bond donors (Lipinski definition) is 1. The second-order valence-corrected chi connectivity index (χ2v) is 7.14. The van der Waals surface area contributed by atoms with Gasteiger partial charge in [-0.2, -0.15) is 4.98 Å². The number of ether oxygens (including phenoxy) is 1. The minimum atomic E-state index is 0.0133. The van der Waals surface area contributed by atoms with Crippen molar-refractivity contribution in [2.75, 3.05) is 24.6 Å². The van der Waals surface area contributed by atoms with Gasteiger partial charge >= 0.3 is 0 Å². The molecule has 1 saturated heterocycles. The van der Waals surface area contributed by atoms with E-state index in [1.807, 2.05) is 18.3 Å². The van der Waals surface area contributed by atoms with Gasteiger partial charge in [0.1, 0.15) is 5.82 Å². The second kappa shape index (κ2) is 10.2. The molecule has 1 unspecified atom stereocenters. The van der Waals surface area contributed by atoms with Crippen molar-refractivity contribution in [3.8, 4) is 0 Å². The summed E-state index contributed by atoms with van der Waals surface area (Å²) in [6.45, 7) is 7.05. The van der Waals surface area contributed by atoms with Gasteiger partial charge in [-0.3, -0.25) is 4.79 Å². The molecule has 2 aromatic rings. The number of aromatic nitrogens is 3. The first kappa shape index (κ1) is 20.3. The molecule has 1 aliphatic heterocycles. The summed E-state index contributed by atoms with van der Waals surface area (Å²) in [5.41, 5.74) is 0.986. The van der Waals surface area contributed by atoms with Gasteiger partial charge in [-0.05, 0) is 31.4 Å². The Morgan fingerprint density at radius 2 is 2.25 bits per heavy atom. The summed E-state index contributed by atoms with van der Waals surface area (Å²) < 4.78 is 10.7. The van der Waals surface area contributed by atoms with E-state index in [0.717, 1.165) is 49.7 Å². The molecule has 8 heteroatoms. The molecule has 152 valence electrons. The number of nitrogens with one attached hydrogen (secondary N) is 1. The number of carbonyl (C=O) groups is 1. The first-order valence-corrected chi connectivity index (χ1v) is 10.0. The van der Waals surface area contributed by atoms with E-state index in [1.165, 1.54) is 0 Å². The monoisotopic (exact) mass is 387 g/mol. The summed E-state index contributed by atoms with van der Waals surface area (Å²) in [4.78, 5) is 23.1. The Morgan fingerprint density at radius 1 is 1.36 bits per heavy atom. The molecule has 1 amide bonds. The number of hydrogen-bond acceptors (Lipinski definition) is 7. The Hall–Kier alpha value is -2.48. The van der Waals surface area contributed by atoms with Crippen LogP contribution < -0.4 is 10.2 Å². The van der Waals surface area contributed by atoms with Crippen molar-refractivity contribution < 1.29 is 14.1 Å². The van der Waals surface area contributed by atoms with E-state index < -0.39 is 0 Å². The third-order valence-corrected chi connectivity index (χ3v) is 4.64. The molecule has 3 heterocycles. The summed E-state index contributed by atoms with van der Waals surface area (Å²) >= 11 is 0. The second-order valence-electron chi connectivity index (χ2n) is 7.14. The molecule has 1 atom stereocenters. The predicted molar refractivity (Wildman–Crippen MR) is 105 cm³/mol. The van der Waals surface area contributed by atoms with Crippen LogP contribution in [0.25, 0.3) is 0 Å². The van der Waals surface area contributed by atoms with Gasteiger partial charge in [-0.1, -0.05) is 18.1 Å². The Kier molecular flexibility index (Phi) is 7.36. The predicted octanol–water partition coefficient (Wildman–Crippen LogP) is 2.28. The molecule has 0 bridgehead atoms. The van der Waals surface area contributed by atoms with Crippen molar-refractivity contribution in [1.82, 2.24) is 20.4 Å². The number of amides is 1. The first-order chi connectivity index (χ1) is 13.6. The SMILES string of the molecule is CCCc1noc(CCCC(=O)NCc2ccc(N3CCOC(C)C3)nc2)n1. The van der Waals surface area contributed by atoms with E-state index in [9.17, 15) is 4.79 Å². The molecule has 28 heavy (non-hydrogen) atoms. The summed E-state index contributed by atoms with van der Waals surface area (Å²) in [6, 6.07) is 4.01. The van der Waals surface area contributed by atoms with Crippen molar-refractivity contribution >= 4 is 11.7 Å². The maximum Gasteiger partial charge on any atom is 0.226 e. The van der Waals surface area contributed by atoms with Crippen LogP contribution in [-0.4, -0.2) is 46.8 Å². The van der Waals surface area contributed by atoms with Gasteiger partial charge in [0, 0.05) is 45.1 Å². The van der Waals surface area contributed by atoms with Gasteiger partial charge in [-0.15, -0.1) is 0 Å². The normalized spacial score (nSPS) is 16.9. The Labute approximate surface area is 165 Å². The van der Waals surface area contributed by atoms with Crippen molar-refractivity contribution in [2.24, 2.45) is 0 Å². The molecular weight excluding hydrogens is 358 g/mol. The maximum atomic E-state index is 12.0. The van der Waals surface area contributed by atoms with E-state index in [4.69, 9.17) is 9.26 Å². The molecule has 1 fully saturated rings. The molecule has 0 radical (unpaired) electrons. The average molecular weight is 387 g/mol. The minimum absolute atomic E-state index is 0.0133. The van der Waals surface area contributed by atoms with Gasteiger partial charge in [0.2, 0.25) is 11.8 Å². The molecular formula is C20H29N5O3. The number of aryl methyl sites for hydroxylation is 2. The first-order valence-electron chi connectivity index (χ1n) is 10.0. The molecule has 0 aliphatic carbocycles. The number of carbonyl (C=O) groups excluding carboxylic acids is 1. The summed E-state index contributed by atoms with van der Waals surface area (Å²) in [5.74, 6) is 2.31. The third-order valence-electron chi connectivity index (χ3n) is 4.64. The topological polar surface area (TPSA) is 93.4 Å². The fourth-order valence-corrected chi connectivity index (χ4v) is 3.14. The van der Waals surface area contributed by atoms with Crippen LogP contribution in [0.1, 0.15) is 50.4 Å².